The fraction of sp³-hybridized carbons (Fsp3) is 1.00. The minimum absolute atomic E-state index is 0.465. The third kappa shape index (κ3) is 0.816. The van der Waals surface area contributed by atoms with Crippen molar-refractivity contribution in [2.45, 2.75) is 29.8 Å². The molecule has 0 amide bonds. The molecule has 1 nitrogen and oxygen atoms in total. The van der Waals surface area contributed by atoms with Gasteiger partial charge in [-0.25, -0.2) is 0 Å². The van der Waals surface area contributed by atoms with E-state index in [0.717, 1.165) is 22.2 Å². The maximum Gasteiger partial charge on any atom is 0.0699 e. The van der Waals surface area contributed by atoms with Gasteiger partial charge in [0.2, 0.25) is 0 Å². The average Bonchev–Trinajstić information content (AvgIpc) is 2.60. The van der Waals surface area contributed by atoms with Gasteiger partial charge in [0.1, 0.15) is 0 Å². The van der Waals surface area contributed by atoms with Crippen molar-refractivity contribution < 1.29 is 4.21 Å². The Kier molecular flexibility index (Phi) is 1.43. The van der Waals surface area contributed by atoms with E-state index in [0.29, 0.717) is 5.25 Å². The highest BCUT2D eigenvalue weighted by atomic mass is 32.2. The number of fused-ring (bicyclic) bond motifs is 5. The topological polar surface area (TPSA) is 17.1 Å². The number of rotatable bonds is 0. The Bertz CT molecular complexity index is 216. The first-order chi connectivity index (χ1) is 5.36. The SMILES string of the molecule is O=S1CSC2C1[C@H]1CC[C@@H]2C1. The highest BCUT2D eigenvalue weighted by molar-refractivity contribution is 8.14. The summed E-state index contributed by atoms with van der Waals surface area (Å²) < 4.78 is 11.5. The summed E-state index contributed by atoms with van der Waals surface area (Å²) in [5.74, 6) is 1.79. The van der Waals surface area contributed by atoms with Crippen molar-refractivity contribution in [3.63, 3.8) is 0 Å². The van der Waals surface area contributed by atoms with Gasteiger partial charge in [-0.2, -0.15) is 0 Å². The summed E-state index contributed by atoms with van der Waals surface area (Å²) >= 11 is 1.98. The number of thioether (sulfide) groups is 1. The average molecular weight is 188 g/mol. The summed E-state index contributed by atoms with van der Waals surface area (Å²) in [6.45, 7) is 0. The van der Waals surface area contributed by atoms with Crippen LogP contribution in [0.5, 0.6) is 0 Å². The first-order valence-electron chi connectivity index (χ1n) is 4.35. The molecule has 1 heterocycles. The summed E-state index contributed by atoms with van der Waals surface area (Å²) in [6, 6.07) is 0. The molecule has 3 fully saturated rings. The normalized spacial score (nSPS) is 60.2. The lowest BCUT2D eigenvalue weighted by Crippen LogP contribution is -2.28. The molecular formula is C8H12OS2. The lowest BCUT2D eigenvalue weighted by atomic mass is 10.00. The van der Waals surface area contributed by atoms with E-state index >= 15 is 0 Å². The van der Waals surface area contributed by atoms with Crippen LogP contribution in [0.2, 0.25) is 0 Å². The van der Waals surface area contributed by atoms with Gasteiger partial charge in [0.25, 0.3) is 0 Å². The van der Waals surface area contributed by atoms with Crippen LogP contribution in [-0.2, 0) is 10.8 Å². The van der Waals surface area contributed by atoms with E-state index in [2.05, 4.69) is 0 Å². The van der Waals surface area contributed by atoms with Crippen LogP contribution in [0.4, 0.5) is 0 Å². The van der Waals surface area contributed by atoms with Crippen molar-refractivity contribution >= 4 is 22.6 Å². The Morgan fingerprint density at radius 1 is 1.27 bits per heavy atom. The first-order valence-corrected chi connectivity index (χ1v) is 6.78. The quantitative estimate of drug-likeness (QED) is 0.574. The highest BCUT2D eigenvalue weighted by Crippen LogP contribution is 2.55. The van der Waals surface area contributed by atoms with Gasteiger partial charge in [-0.15, -0.1) is 11.8 Å². The van der Waals surface area contributed by atoms with Crippen LogP contribution in [0.15, 0.2) is 0 Å². The van der Waals surface area contributed by atoms with Crippen molar-refractivity contribution in [3.05, 3.63) is 0 Å². The Morgan fingerprint density at radius 3 is 2.91 bits per heavy atom. The van der Waals surface area contributed by atoms with Crippen LogP contribution >= 0.6 is 11.8 Å². The molecule has 0 aromatic carbocycles. The van der Waals surface area contributed by atoms with Gasteiger partial charge >= 0.3 is 0 Å². The van der Waals surface area contributed by atoms with Crippen LogP contribution in [0.3, 0.4) is 0 Å². The zero-order valence-corrected chi connectivity index (χ0v) is 8.00. The van der Waals surface area contributed by atoms with Gasteiger partial charge < -0.3 is 0 Å². The maximum absolute atomic E-state index is 11.5. The molecule has 2 saturated carbocycles. The first kappa shape index (κ1) is 6.96. The zero-order valence-electron chi connectivity index (χ0n) is 6.36. The van der Waals surface area contributed by atoms with Crippen molar-refractivity contribution in [1.82, 2.24) is 0 Å². The Labute approximate surface area is 73.8 Å². The van der Waals surface area contributed by atoms with Crippen LogP contribution in [0.1, 0.15) is 19.3 Å². The predicted octanol–water partition coefficient (Wildman–Crippen LogP) is 1.61. The molecule has 3 rings (SSSR count). The van der Waals surface area contributed by atoms with E-state index in [1.807, 2.05) is 11.8 Å². The van der Waals surface area contributed by atoms with Gasteiger partial charge in [0.05, 0.1) is 10.3 Å². The smallest absolute Gasteiger partial charge is 0.0699 e. The van der Waals surface area contributed by atoms with E-state index in [9.17, 15) is 4.21 Å². The monoisotopic (exact) mass is 188 g/mol. The second-order valence-electron chi connectivity index (χ2n) is 3.93. The molecule has 3 unspecified atom stereocenters. The van der Waals surface area contributed by atoms with Crippen LogP contribution in [-0.4, -0.2) is 19.8 Å². The molecule has 1 saturated heterocycles. The number of hydrogen-bond acceptors (Lipinski definition) is 2. The van der Waals surface area contributed by atoms with Crippen LogP contribution in [0, 0.1) is 11.8 Å². The molecule has 62 valence electrons. The number of hydrogen-bond donors (Lipinski definition) is 0. The molecule has 0 aromatic rings. The minimum Gasteiger partial charge on any atom is -0.258 e. The zero-order chi connectivity index (χ0) is 7.42. The van der Waals surface area contributed by atoms with E-state index in [4.69, 9.17) is 0 Å². The van der Waals surface area contributed by atoms with E-state index in [-0.39, 0.29) is 0 Å². The molecule has 2 bridgehead atoms. The summed E-state index contributed by atoms with van der Waals surface area (Å²) in [7, 11) is -0.465. The van der Waals surface area contributed by atoms with E-state index in [1.165, 1.54) is 19.3 Å². The van der Waals surface area contributed by atoms with Gasteiger partial charge in [0.15, 0.2) is 0 Å². The Balaban J connectivity index is 1.97. The van der Waals surface area contributed by atoms with Gasteiger partial charge in [-0.05, 0) is 31.1 Å². The fourth-order valence-electron chi connectivity index (χ4n) is 3.01. The third-order valence-corrected chi connectivity index (χ3v) is 7.44. The third-order valence-electron chi connectivity index (χ3n) is 3.45. The molecule has 5 atom stereocenters. The summed E-state index contributed by atoms with van der Waals surface area (Å²) in [6.07, 6.45) is 4.20. The molecule has 3 heteroatoms. The van der Waals surface area contributed by atoms with Crippen molar-refractivity contribution in [3.8, 4) is 0 Å². The van der Waals surface area contributed by atoms with Gasteiger partial charge in [-0.3, -0.25) is 4.21 Å². The van der Waals surface area contributed by atoms with Crippen LogP contribution < -0.4 is 0 Å². The molecule has 11 heavy (non-hydrogen) atoms. The minimum atomic E-state index is -0.465. The molecule has 0 N–H and O–H groups in total. The molecular weight excluding hydrogens is 176 g/mol. The second kappa shape index (κ2) is 2.25. The fourth-order valence-corrected chi connectivity index (χ4v) is 7.54. The Hall–Kier alpha value is 0.500. The summed E-state index contributed by atoms with van der Waals surface area (Å²) in [5, 5.41) is 2.34. The summed E-state index contributed by atoms with van der Waals surface area (Å²) in [5.41, 5.74) is 0. The lowest BCUT2D eigenvalue weighted by Gasteiger charge is -2.21. The van der Waals surface area contributed by atoms with E-state index < -0.39 is 10.8 Å². The predicted molar refractivity (Wildman–Crippen MR) is 49.0 cm³/mol. The molecule has 0 aromatic heterocycles. The maximum atomic E-state index is 11.5. The second-order valence-corrected chi connectivity index (χ2v) is 7.05. The standard InChI is InChI=1S/C8H12OS2/c9-11-4-10-7-5-1-2-6(3-5)8(7)11/h5-8H,1-4H2/t5-,6+,7?,8?,11?/m1/s1. The Morgan fingerprint density at radius 2 is 2.09 bits per heavy atom. The molecule has 0 radical (unpaired) electrons. The molecule has 1 aliphatic heterocycles. The van der Waals surface area contributed by atoms with Gasteiger partial charge in [-0.1, -0.05) is 0 Å². The highest BCUT2D eigenvalue weighted by Gasteiger charge is 2.53. The molecule has 0 spiro atoms. The van der Waals surface area contributed by atoms with E-state index in [1.54, 1.807) is 0 Å². The van der Waals surface area contributed by atoms with Gasteiger partial charge in [0, 0.05) is 16.0 Å². The molecule has 2 aliphatic carbocycles. The molecule has 3 aliphatic rings. The largest absolute Gasteiger partial charge is 0.258 e. The van der Waals surface area contributed by atoms with Crippen molar-refractivity contribution in [2.24, 2.45) is 11.8 Å². The van der Waals surface area contributed by atoms with Crippen LogP contribution in [0.25, 0.3) is 0 Å². The van der Waals surface area contributed by atoms with Crippen molar-refractivity contribution in [1.29, 1.82) is 0 Å². The summed E-state index contributed by atoms with van der Waals surface area (Å²) in [4.78, 5) is 0. The lowest BCUT2D eigenvalue weighted by molar-refractivity contribution is 0.499. The van der Waals surface area contributed by atoms with Crippen molar-refractivity contribution in [2.75, 3.05) is 5.08 Å².